The van der Waals surface area contributed by atoms with Crippen molar-refractivity contribution in [3.63, 3.8) is 0 Å². The van der Waals surface area contributed by atoms with Crippen LogP contribution >= 0.6 is 0 Å². The first-order valence-corrected chi connectivity index (χ1v) is 7.06. The first-order chi connectivity index (χ1) is 9.91. The number of hydrogen-bond acceptors (Lipinski definition) is 4. The number of carbonyl (C=O) groups is 1. The lowest BCUT2D eigenvalue weighted by Crippen LogP contribution is -2.36. The second kappa shape index (κ2) is 8.42. The fourth-order valence-electron chi connectivity index (χ4n) is 1.81. The molecule has 0 aromatic heterocycles. The lowest BCUT2D eigenvalue weighted by molar-refractivity contribution is -0.141. The molecule has 21 heavy (non-hydrogen) atoms. The molecule has 1 rings (SSSR count). The molecule has 0 saturated carbocycles. The van der Waals surface area contributed by atoms with Crippen molar-refractivity contribution in [1.29, 1.82) is 0 Å². The molecule has 0 heterocycles. The van der Waals surface area contributed by atoms with Gasteiger partial charge in [-0.15, -0.1) is 0 Å². The van der Waals surface area contributed by atoms with Gasteiger partial charge in [-0.25, -0.2) is 0 Å². The SMILES string of the molecule is CC(C)=NOC(C)C(=O)N(C)CCC(O)c1ccccc1. The van der Waals surface area contributed by atoms with Gasteiger partial charge in [0.2, 0.25) is 6.10 Å². The Morgan fingerprint density at radius 3 is 2.52 bits per heavy atom. The van der Waals surface area contributed by atoms with Crippen LogP contribution in [0.1, 0.15) is 38.9 Å². The van der Waals surface area contributed by atoms with E-state index >= 15 is 0 Å². The van der Waals surface area contributed by atoms with Gasteiger partial charge >= 0.3 is 0 Å². The van der Waals surface area contributed by atoms with E-state index in [0.29, 0.717) is 13.0 Å². The van der Waals surface area contributed by atoms with E-state index in [0.717, 1.165) is 11.3 Å². The van der Waals surface area contributed by atoms with Crippen LogP contribution < -0.4 is 0 Å². The number of benzene rings is 1. The van der Waals surface area contributed by atoms with Gasteiger partial charge in [0.25, 0.3) is 5.91 Å². The highest BCUT2D eigenvalue weighted by Crippen LogP contribution is 2.16. The molecular weight excluding hydrogens is 268 g/mol. The van der Waals surface area contributed by atoms with Crippen molar-refractivity contribution >= 4 is 11.6 Å². The van der Waals surface area contributed by atoms with E-state index in [-0.39, 0.29) is 5.91 Å². The zero-order valence-electron chi connectivity index (χ0n) is 13.1. The van der Waals surface area contributed by atoms with Gasteiger partial charge in [-0.2, -0.15) is 0 Å². The van der Waals surface area contributed by atoms with Gasteiger partial charge in [0, 0.05) is 13.6 Å². The molecule has 1 aromatic rings. The number of amides is 1. The smallest absolute Gasteiger partial charge is 0.265 e. The molecule has 5 nitrogen and oxygen atoms in total. The van der Waals surface area contributed by atoms with Gasteiger partial charge in [-0.3, -0.25) is 4.79 Å². The highest BCUT2D eigenvalue weighted by molar-refractivity contribution is 5.81. The van der Waals surface area contributed by atoms with Gasteiger partial charge in [0.15, 0.2) is 0 Å². The molecule has 1 N–H and O–H groups in total. The number of rotatable bonds is 7. The van der Waals surface area contributed by atoms with Crippen molar-refractivity contribution in [3.8, 4) is 0 Å². The molecule has 2 unspecified atom stereocenters. The number of carbonyl (C=O) groups excluding carboxylic acids is 1. The van der Waals surface area contributed by atoms with Crippen molar-refractivity contribution in [3.05, 3.63) is 35.9 Å². The van der Waals surface area contributed by atoms with E-state index < -0.39 is 12.2 Å². The summed E-state index contributed by atoms with van der Waals surface area (Å²) in [7, 11) is 1.70. The normalized spacial score (nSPS) is 13.2. The van der Waals surface area contributed by atoms with Gasteiger partial charge in [-0.1, -0.05) is 35.5 Å². The van der Waals surface area contributed by atoms with Crippen LogP contribution in [0.15, 0.2) is 35.5 Å². The number of aliphatic hydroxyl groups excluding tert-OH is 1. The van der Waals surface area contributed by atoms with Crippen molar-refractivity contribution in [2.45, 2.75) is 39.4 Å². The van der Waals surface area contributed by atoms with E-state index in [1.165, 1.54) is 0 Å². The first-order valence-electron chi connectivity index (χ1n) is 7.06. The molecule has 116 valence electrons. The fourth-order valence-corrected chi connectivity index (χ4v) is 1.81. The maximum atomic E-state index is 12.1. The summed E-state index contributed by atoms with van der Waals surface area (Å²) in [5.74, 6) is -0.153. The summed E-state index contributed by atoms with van der Waals surface area (Å²) in [4.78, 5) is 18.7. The van der Waals surface area contributed by atoms with Crippen LogP contribution in [0, 0.1) is 0 Å². The number of nitrogens with zero attached hydrogens (tertiary/aromatic N) is 2. The minimum atomic E-state index is -0.626. The molecular formula is C16H24N2O3. The average molecular weight is 292 g/mol. The van der Waals surface area contributed by atoms with Gasteiger partial charge in [-0.05, 0) is 32.8 Å². The first kappa shape index (κ1) is 17.2. The van der Waals surface area contributed by atoms with Gasteiger partial charge < -0.3 is 14.8 Å². The van der Waals surface area contributed by atoms with Crippen molar-refractivity contribution in [2.24, 2.45) is 5.16 Å². The molecule has 0 saturated heterocycles. The van der Waals surface area contributed by atoms with E-state index in [1.54, 1.807) is 32.7 Å². The van der Waals surface area contributed by atoms with E-state index in [1.807, 2.05) is 30.3 Å². The van der Waals surface area contributed by atoms with Gasteiger partial charge in [0.1, 0.15) is 0 Å². The molecule has 0 bridgehead atoms. The summed E-state index contributed by atoms with van der Waals surface area (Å²) in [6.45, 7) is 5.73. The van der Waals surface area contributed by atoms with Crippen LogP contribution in [-0.4, -0.2) is 41.3 Å². The molecule has 1 aromatic carbocycles. The van der Waals surface area contributed by atoms with E-state index in [4.69, 9.17) is 4.84 Å². The summed E-state index contributed by atoms with van der Waals surface area (Å²) in [6, 6.07) is 9.41. The fraction of sp³-hybridized carbons (Fsp3) is 0.500. The lowest BCUT2D eigenvalue weighted by atomic mass is 10.1. The molecule has 0 aliphatic carbocycles. The topological polar surface area (TPSA) is 62.1 Å². The quantitative estimate of drug-likeness (QED) is 0.620. The number of hydrogen-bond donors (Lipinski definition) is 1. The van der Waals surface area contributed by atoms with Crippen molar-refractivity contribution in [1.82, 2.24) is 4.90 Å². The van der Waals surface area contributed by atoms with Crippen molar-refractivity contribution in [2.75, 3.05) is 13.6 Å². The monoisotopic (exact) mass is 292 g/mol. The second-order valence-electron chi connectivity index (χ2n) is 5.26. The Morgan fingerprint density at radius 2 is 1.95 bits per heavy atom. The Labute approximate surface area is 126 Å². The predicted octanol–water partition coefficient (Wildman–Crippen LogP) is 2.37. The summed E-state index contributed by atoms with van der Waals surface area (Å²) in [5, 5.41) is 13.9. The van der Waals surface area contributed by atoms with Gasteiger partial charge in [0.05, 0.1) is 11.8 Å². The van der Waals surface area contributed by atoms with Crippen LogP contribution in [0.2, 0.25) is 0 Å². The number of oxime groups is 1. The van der Waals surface area contributed by atoms with Crippen molar-refractivity contribution < 1.29 is 14.7 Å². The summed E-state index contributed by atoms with van der Waals surface area (Å²) >= 11 is 0. The van der Waals surface area contributed by atoms with Crippen LogP contribution in [0.4, 0.5) is 0 Å². The third kappa shape index (κ3) is 5.95. The van der Waals surface area contributed by atoms with Crippen LogP contribution in [0.25, 0.3) is 0 Å². The number of aliphatic hydroxyl groups is 1. The average Bonchev–Trinajstić information content (AvgIpc) is 2.49. The molecule has 0 aliphatic rings. The molecule has 0 spiro atoms. The Bertz CT molecular complexity index is 470. The van der Waals surface area contributed by atoms with Crippen LogP contribution in [-0.2, 0) is 9.63 Å². The zero-order valence-corrected chi connectivity index (χ0v) is 13.1. The molecule has 0 aliphatic heterocycles. The Morgan fingerprint density at radius 1 is 1.33 bits per heavy atom. The van der Waals surface area contributed by atoms with Crippen LogP contribution in [0.3, 0.4) is 0 Å². The third-order valence-electron chi connectivity index (χ3n) is 3.04. The molecule has 5 heteroatoms. The Hall–Kier alpha value is -1.88. The second-order valence-corrected chi connectivity index (χ2v) is 5.26. The third-order valence-corrected chi connectivity index (χ3v) is 3.04. The largest absolute Gasteiger partial charge is 0.388 e. The number of likely N-dealkylation sites (N-methyl/N-ethyl adjacent to an activating group) is 1. The van der Waals surface area contributed by atoms with E-state index in [9.17, 15) is 9.90 Å². The summed E-state index contributed by atoms with van der Waals surface area (Å²) in [5.41, 5.74) is 1.62. The molecule has 1 amide bonds. The standard InChI is InChI=1S/C16H24N2O3/c1-12(2)17-21-13(3)16(20)18(4)11-10-15(19)14-8-6-5-7-9-14/h5-9,13,15,19H,10-11H2,1-4H3. The summed E-state index contributed by atoms with van der Waals surface area (Å²) < 4.78 is 0. The molecule has 0 fully saturated rings. The molecule has 0 radical (unpaired) electrons. The maximum absolute atomic E-state index is 12.1. The zero-order chi connectivity index (χ0) is 15.8. The highest BCUT2D eigenvalue weighted by atomic mass is 16.6. The minimum Gasteiger partial charge on any atom is -0.388 e. The van der Waals surface area contributed by atoms with Crippen LogP contribution in [0.5, 0.6) is 0 Å². The Kier molecular flexibility index (Phi) is 6.88. The van der Waals surface area contributed by atoms with E-state index in [2.05, 4.69) is 5.16 Å². The Balaban J connectivity index is 2.44. The predicted molar refractivity (Wildman–Crippen MR) is 83.0 cm³/mol. The minimum absolute atomic E-state index is 0.153. The molecule has 2 atom stereocenters. The summed E-state index contributed by atoms with van der Waals surface area (Å²) in [6.07, 6.45) is -0.720. The maximum Gasteiger partial charge on any atom is 0.265 e. The highest BCUT2D eigenvalue weighted by Gasteiger charge is 2.20. The lowest BCUT2D eigenvalue weighted by Gasteiger charge is -2.21.